The number of benzene rings is 2. The molecule has 1 atom stereocenters. The molecular formula is C24H27N3O4. The van der Waals surface area contributed by atoms with E-state index in [1.165, 1.54) is 0 Å². The fourth-order valence-corrected chi connectivity index (χ4v) is 3.02. The number of hydrogen-bond acceptors (Lipinski definition) is 5. The third kappa shape index (κ3) is 5.12. The van der Waals surface area contributed by atoms with Gasteiger partial charge in [-0.05, 0) is 55.8 Å². The smallest absolute Gasteiger partial charge is 0.358 e. The van der Waals surface area contributed by atoms with Crippen molar-refractivity contribution < 1.29 is 19.1 Å². The highest BCUT2D eigenvalue weighted by Gasteiger charge is 2.18. The van der Waals surface area contributed by atoms with Crippen LogP contribution in [0.2, 0.25) is 0 Å². The second-order valence-electron chi connectivity index (χ2n) is 7.12. The van der Waals surface area contributed by atoms with E-state index in [0.717, 1.165) is 23.4 Å². The van der Waals surface area contributed by atoms with Crippen molar-refractivity contribution in [2.75, 3.05) is 19.0 Å². The Kier molecular flexibility index (Phi) is 7.07. The lowest BCUT2D eigenvalue weighted by molar-refractivity contribution is -0.119. The molecule has 7 heteroatoms. The van der Waals surface area contributed by atoms with Gasteiger partial charge >= 0.3 is 5.97 Å². The van der Waals surface area contributed by atoms with Crippen LogP contribution in [0.1, 0.15) is 37.7 Å². The van der Waals surface area contributed by atoms with Crippen LogP contribution < -0.4 is 10.1 Å². The fourth-order valence-electron chi connectivity index (χ4n) is 3.02. The number of anilines is 1. The molecule has 162 valence electrons. The molecule has 0 bridgehead atoms. The monoisotopic (exact) mass is 421 g/mol. The average Bonchev–Trinajstić information content (AvgIpc) is 3.24. The summed E-state index contributed by atoms with van der Waals surface area (Å²) in [5.74, 6) is 0.120. The van der Waals surface area contributed by atoms with E-state index in [9.17, 15) is 9.59 Å². The van der Waals surface area contributed by atoms with Gasteiger partial charge in [0, 0.05) is 17.2 Å². The molecule has 0 saturated heterocycles. The summed E-state index contributed by atoms with van der Waals surface area (Å²) < 4.78 is 12.0. The lowest BCUT2D eigenvalue weighted by atomic mass is 10.1. The van der Waals surface area contributed by atoms with Crippen LogP contribution in [0.15, 0.2) is 54.6 Å². The van der Waals surface area contributed by atoms with Gasteiger partial charge in [0.05, 0.1) is 25.1 Å². The predicted molar refractivity (Wildman–Crippen MR) is 120 cm³/mol. The van der Waals surface area contributed by atoms with Crippen LogP contribution in [0, 0.1) is 5.92 Å². The largest absolute Gasteiger partial charge is 0.497 e. The molecule has 3 rings (SSSR count). The Balaban J connectivity index is 2.03. The molecule has 0 spiro atoms. The van der Waals surface area contributed by atoms with Crippen molar-refractivity contribution in [2.24, 2.45) is 5.92 Å². The molecule has 0 aliphatic heterocycles. The third-order valence-corrected chi connectivity index (χ3v) is 5.00. The van der Waals surface area contributed by atoms with E-state index in [1.54, 1.807) is 24.8 Å². The summed E-state index contributed by atoms with van der Waals surface area (Å²) in [7, 11) is 1.60. The summed E-state index contributed by atoms with van der Waals surface area (Å²) in [6, 6.07) is 16.5. The minimum absolute atomic E-state index is 0.0319. The van der Waals surface area contributed by atoms with Crippen LogP contribution in [-0.2, 0) is 9.53 Å². The van der Waals surface area contributed by atoms with Crippen LogP contribution in [0.5, 0.6) is 5.75 Å². The molecule has 3 aromatic rings. The summed E-state index contributed by atoms with van der Waals surface area (Å²) in [5, 5.41) is 7.43. The molecule has 2 aromatic carbocycles. The normalized spacial score (nSPS) is 11.6. The van der Waals surface area contributed by atoms with Gasteiger partial charge in [0.15, 0.2) is 5.69 Å². The van der Waals surface area contributed by atoms with Crippen molar-refractivity contribution in [1.29, 1.82) is 0 Å². The van der Waals surface area contributed by atoms with Crippen molar-refractivity contribution >= 4 is 17.6 Å². The van der Waals surface area contributed by atoms with E-state index in [4.69, 9.17) is 9.47 Å². The molecule has 31 heavy (non-hydrogen) atoms. The van der Waals surface area contributed by atoms with Crippen molar-refractivity contribution in [2.45, 2.75) is 27.2 Å². The molecule has 1 amide bonds. The van der Waals surface area contributed by atoms with Gasteiger partial charge < -0.3 is 14.8 Å². The molecule has 1 aromatic heterocycles. The Morgan fingerprint density at radius 3 is 2.48 bits per heavy atom. The van der Waals surface area contributed by atoms with Crippen LogP contribution in [0.4, 0.5) is 5.69 Å². The number of rotatable bonds is 8. The maximum atomic E-state index is 12.3. The molecule has 7 nitrogen and oxygen atoms in total. The second-order valence-corrected chi connectivity index (χ2v) is 7.12. The fraction of sp³-hybridized carbons (Fsp3) is 0.292. The van der Waals surface area contributed by atoms with Gasteiger partial charge in [0.1, 0.15) is 5.75 Å². The van der Waals surface area contributed by atoms with Gasteiger partial charge in [0.2, 0.25) is 5.91 Å². The summed E-state index contributed by atoms with van der Waals surface area (Å²) in [6.45, 7) is 5.89. The second kappa shape index (κ2) is 9.93. The van der Waals surface area contributed by atoms with Crippen LogP contribution in [-0.4, -0.2) is 35.4 Å². The van der Waals surface area contributed by atoms with E-state index in [2.05, 4.69) is 10.4 Å². The van der Waals surface area contributed by atoms with Crippen molar-refractivity contribution in [1.82, 2.24) is 9.78 Å². The van der Waals surface area contributed by atoms with Crippen LogP contribution in [0.25, 0.3) is 16.9 Å². The molecule has 0 aliphatic rings. The first-order valence-electron chi connectivity index (χ1n) is 10.3. The lowest BCUT2D eigenvalue weighted by Crippen LogP contribution is -2.19. The van der Waals surface area contributed by atoms with E-state index in [-0.39, 0.29) is 24.1 Å². The zero-order chi connectivity index (χ0) is 22.4. The number of carbonyl (C=O) groups excluding carboxylic acids is 2. The molecule has 0 radical (unpaired) electrons. The number of carbonyl (C=O) groups is 2. The van der Waals surface area contributed by atoms with E-state index in [0.29, 0.717) is 11.4 Å². The number of esters is 1. The third-order valence-electron chi connectivity index (χ3n) is 5.00. The molecule has 0 saturated carbocycles. The molecule has 1 heterocycles. The van der Waals surface area contributed by atoms with Crippen molar-refractivity contribution in [3.63, 3.8) is 0 Å². The molecular weight excluding hydrogens is 394 g/mol. The molecule has 0 fully saturated rings. The number of methoxy groups -OCH3 is 1. The van der Waals surface area contributed by atoms with Gasteiger partial charge in [-0.1, -0.05) is 26.0 Å². The average molecular weight is 421 g/mol. The number of aromatic nitrogens is 2. The zero-order valence-corrected chi connectivity index (χ0v) is 18.2. The highest BCUT2D eigenvalue weighted by molar-refractivity contribution is 5.93. The number of amides is 1. The SMILES string of the molecule is CCOC(=O)c1cc(-c2cccc(NC(=O)[C@@H](C)CC)c2)n(-c2ccc(OC)cc2)n1. The molecule has 0 unspecified atom stereocenters. The highest BCUT2D eigenvalue weighted by atomic mass is 16.5. The Bertz CT molecular complexity index is 1060. The van der Waals surface area contributed by atoms with E-state index >= 15 is 0 Å². The first-order valence-corrected chi connectivity index (χ1v) is 10.3. The van der Waals surface area contributed by atoms with Gasteiger partial charge in [-0.25, -0.2) is 9.48 Å². The minimum Gasteiger partial charge on any atom is -0.497 e. The molecule has 1 N–H and O–H groups in total. The van der Waals surface area contributed by atoms with E-state index < -0.39 is 5.97 Å². The summed E-state index contributed by atoms with van der Waals surface area (Å²) >= 11 is 0. The Morgan fingerprint density at radius 1 is 1.10 bits per heavy atom. The first-order chi connectivity index (χ1) is 15.0. The Hall–Kier alpha value is -3.61. The van der Waals surface area contributed by atoms with Crippen LogP contribution in [0.3, 0.4) is 0 Å². The number of nitrogens with zero attached hydrogens (tertiary/aromatic N) is 2. The minimum atomic E-state index is -0.489. The maximum absolute atomic E-state index is 12.3. The maximum Gasteiger partial charge on any atom is 0.358 e. The van der Waals surface area contributed by atoms with Crippen LogP contribution >= 0.6 is 0 Å². The molecule has 0 aliphatic carbocycles. The Morgan fingerprint density at radius 2 is 1.84 bits per heavy atom. The standard InChI is InChI=1S/C24H27N3O4/c1-5-16(3)23(28)25-18-9-7-8-17(14-18)22-15-21(24(29)31-6-2)26-27(22)19-10-12-20(30-4)13-11-19/h7-16H,5-6H2,1-4H3,(H,25,28)/t16-/m0/s1. The zero-order valence-electron chi connectivity index (χ0n) is 18.2. The lowest BCUT2D eigenvalue weighted by Gasteiger charge is -2.12. The van der Waals surface area contributed by atoms with Crippen molar-refractivity contribution in [3.8, 4) is 22.7 Å². The number of nitrogens with one attached hydrogen (secondary N) is 1. The van der Waals surface area contributed by atoms with Gasteiger partial charge in [-0.3, -0.25) is 4.79 Å². The number of hydrogen-bond donors (Lipinski definition) is 1. The van der Waals surface area contributed by atoms with Crippen molar-refractivity contribution in [3.05, 3.63) is 60.3 Å². The van der Waals surface area contributed by atoms with E-state index in [1.807, 2.05) is 62.4 Å². The quantitative estimate of drug-likeness (QED) is 0.533. The summed E-state index contributed by atoms with van der Waals surface area (Å²) in [6.07, 6.45) is 0.763. The highest BCUT2D eigenvalue weighted by Crippen LogP contribution is 2.28. The topological polar surface area (TPSA) is 82.5 Å². The van der Waals surface area contributed by atoms with Gasteiger partial charge in [-0.2, -0.15) is 5.10 Å². The van der Waals surface area contributed by atoms with Gasteiger partial charge in [-0.15, -0.1) is 0 Å². The predicted octanol–water partition coefficient (Wildman–Crippen LogP) is 4.71. The van der Waals surface area contributed by atoms with Gasteiger partial charge in [0.25, 0.3) is 0 Å². The summed E-state index contributed by atoms with van der Waals surface area (Å²) in [5.41, 5.74) is 3.17. The Labute approximate surface area is 182 Å². The number of ether oxygens (including phenoxy) is 2. The first kappa shape index (κ1) is 22.1. The summed E-state index contributed by atoms with van der Waals surface area (Å²) in [4.78, 5) is 24.6.